The second-order valence-corrected chi connectivity index (χ2v) is 8.02. The number of nitrogen functional groups attached to an aromatic ring is 1. The number of amides is 1. The van der Waals surface area contributed by atoms with E-state index < -0.39 is 0 Å². The SMILES string of the molecule is CCOc1ccc([C@@H]2COC[C@H](C)N2C(=O)c2ccc3nc(N)c4c(c3c2)COC4)nn1. The molecule has 32 heavy (non-hydrogen) atoms. The number of rotatable bonds is 4. The van der Waals surface area contributed by atoms with Crippen LogP contribution in [0.2, 0.25) is 0 Å². The number of nitrogens with two attached hydrogens (primary N) is 1. The number of hydrogen-bond donors (Lipinski definition) is 1. The molecule has 9 nitrogen and oxygen atoms in total. The number of pyridine rings is 1. The fourth-order valence-electron chi connectivity index (χ4n) is 4.37. The van der Waals surface area contributed by atoms with Gasteiger partial charge in [-0.05, 0) is 43.7 Å². The van der Waals surface area contributed by atoms with Gasteiger partial charge in [-0.25, -0.2) is 4.98 Å². The van der Waals surface area contributed by atoms with Gasteiger partial charge in [0.05, 0.1) is 56.3 Å². The summed E-state index contributed by atoms with van der Waals surface area (Å²) < 4.78 is 16.7. The molecule has 0 spiro atoms. The third kappa shape index (κ3) is 3.53. The molecular formula is C23H25N5O4. The smallest absolute Gasteiger partial charge is 0.254 e. The lowest BCUT2D eigenvalue weighted by molar-refractivity contribution is -0.0330. The molecule has 0 unspecified atom stereocenters. The molecule has 2 aromatic heterocycles. The van der Waals surface area contributed by atoms with Crippen LogP contribution in [0.15, 0.2) is 30.3 Å². The highest BCUT2D eigenvalue weighted by Gasteiger charge is 2.35. The first-order chi connectivity index (χ1) is 15.6. The van der Waals surface area contributed by atoms with E-state index in [0.29, 0.717) is 56.0 Å². The van der Waals surface area contributed by atoms with Crippen molar-refractivity contribution in [3.05, 3.63) is 52.7 Å². The third-order valence-corrected chi connectivity index (χ3v) is 5.95. The largest absolute Gasteiger partial charge is 0.477 e. The Morgan fingerprint density at radius 3 is 2.78 bits per heavy atom. The molecule has 0 radical (unpaired) electrons. The standard InChI is InChI=1S/C23H25N5O4/c1-3-32-21-7-6-19(26-27-21)20-12-30-9-13(2)28(20)23(29)14-4-5-18-15(8-14)16-10-31-11-17(16)22(24)25-18/h4-8,13,20H,3,9-12H2,1-2H3,(H2,24,25)/t13-,20-/m0/s1. The van der Waals surface area contributed by atoms with Gasteiger partial charge >= 0.3 is 0 Å². The predicted octanol–water partition coefficient (Wildman–Crippen LogP) is 2.64. The number of anilines is 1. The summed E-state index contributed by atoms with van der Waals surface area (Å²) in [7, 11) is 0. The lowest BCUT2D eigenvalue weighted by Crippen LogP contribution is -2.49. The first-order valence-corrected chi connectivity index (χ1v) is 10.7. The average molecular weight is 435 g/mol. The number of aromatic nitrogens is 3. The van der Waals surface area contributed by atoms with Gasteiger partial charge in [-0.15, -0.1) is 10.2 Å². The second-order valence-electron chi connectivity index (χ2n) is 8.02. The maximum Gasteiger partial charge on any atom is 0.254 e. The molecule has 166 valence electrons. The summed E-state index contributed by atoms with van der Waals surface area (Å²) in [5.41, 5.74) is 9.99. The maximum absolute atomic E-state index is 13.7. The Balaban J connectivity index is 1.51. The van der Waals surface area contributed by atoms with Gasteiger partial charge in [-0.3, -0.25) is 4.79 Å². The molecule has 4 heterocycles. The molecule has 5 rings (SSSR count). The summed E-state index contributed by atoms with van der Waals surface area (Å²) >= 11 is 0. The molecule has 2 N–H and O–H groups in total. The van der Waals surface area contributed by atoms with E-state index >= 15 is 0 Å². The molecule has 1 saturated heterocycles. The van der Waals surface area contributed by atoms with Crippen molar-refractivity contribution in [1.29, 1.82) is 0 Å². The highest BCUT2D eigenvalue weighted by molar-refractivity contribution is 5.99. The van der Waals surface area contributed by atoms with Gasteiger partial charge in [0.1, 0.15) is 5.82 Å². The molecule has 2 atom stereocenters. The molecular weight excluding hydrogens is 410 g/mol. The number of morpholine rings is 1. The van der Waals surface area contributed by atoms with Gasteiger partial charge in [-0.1, -0.05) is 0 Å². The number of fused-ring (bicyclic) bond motifs is 3. The van der Waals surface area contributed by atoms with Crippen LogP contribution in [0.25, 0.3) is 10.9 Å². The molecule has 9 heteroatoms. The van der Waals surface area contributed by atoms with Crippen molar-refractivity contribution in [1.82, 2.24) is 20.1 Å². The number of ether oxygens (including phenoxy) is 3. The van der Waals surface area contributed by atoms with Gasteiger partial charge in [0.25, 0.3) is 5.91 Å². The predicted molar refractivity (Wildman–Crippen MR) is 117 cm³/mol. The lowest BCUT2D eigenvalue weighted by Gasteiger charge is -2.40. The van der Waals surface area contributed by atoms with Crippen LogP contribution in [0.1, 0.15) is 47.1 Å². The maximum atomic E-state index is 13.7. The van der Waals surface area contributed by atoms with Crippen molar-refractivity contribution in [2.75, 3.05) is 25.6 Å². The number of carbonyl (C=O) groups excluding carboxylic acids is 1. The average Bonchev–Trinajstić information content (AvgIpc) is 3.30. The molecule has 0 saturated carbocycles. The number of hydrogen-bond acceptors (Lipinski definition) is 8. The van der Waals surface area contributed by atoms with Crippen LogP contribution >= 0.6 is 0 Å². The molecule has 0 aliphatic carbocycles. The molecule has 3 aromatic rings. The van der Waals surface area contributed by atoms with Crippen LogP contribution in [0.5, 0.6) is 5.88 Å². The van der Waals surface area contributed by atoms with E-state index in [1.54, 1.807) is 12.1 Å². The second kappa shape index (κ2) is 8.33. The third-order valence-electron chi connectivity index (χ3n) is 5.95. The number of carbonyl (C=O) groups is 1. The zero-order valence-corrected chi connectivity index (χ0v) is 18.1. The quantitative estimate of drug-likeness (QED) is 0.666. The summed E-state index contributed by atoms with van der Waals surface area (Å²) in [6, 6.07) is 8.66. The Hall–Kier alpha value is -3.30. The summed E-state index contributed by atoms with van der Waals surface area (Å²) in [5, 5.41) is 9.32. The van der Waals surface area contributed by atoms with Crippen LogP contribution in [0, 0.1) is 0 Å². The van der Waals surface area contributed by atoms with E-state index in [9.17, 15) is 4.79 Å². The fraction of sp³-hybridized carbons (Fsp3) is 0.391. The topological polar surface area (TPSA) is 113 Å². The zero-order chi connectivity index (χ0) is 22.2. The lowest BCUT2D eigenvalue weighted by atomic mass is 10.0. The van der Waals surface area contributed by atoms with Crippen LogP contribution in [-0.4, -0.2) is 51.9 Å². The minimum atomic E-state index is -0.344. The highest BCUT2D eigenvalue weighted by atomic mass is 16.5. The Morgan fingerprint density at radius 2 is 2.00 bits per heavy atom. The van der Waals surface area contributed by atoms with Crippen LogP contribution in [-0.2, 0) is 22.7 Å². The van der Waals surface area contributed by atoms with Crippen molar-refractivity contribution >= 4 is 22.6 Å². The first kappa shape index (κ1) is 20.6. The van der Waals surface area contributed by atoms with Crippen LogP contribution in [0.4, 0.5) is 5.82 Å². The summed E-state index contributed by atoms with van der Waals surface area (Å²) in [5.74, 6) is 0.851. The highest BCUT2D eigenvalue weighted by Crippen LogP contribution is 2.33. The molecule has 2 aliphatic rings. The van der Waals surface area contributed by atoms with E-state index in [4.69, 9.17) is 19.9 Å². The van der Waals surface area contributed by atoms with Crippen molar-refractivity contribution in [3.8, 4) is 5.88 Å². The molecule has 2 aliphatic heterocycles. The summed E-state index contributed by atoms with van der Waals surface area (Å²) in [6.45, 7) is 6.10. The minimum absolute atomic E-state index is 0.0899. The van der Waals surface area contributed by atoms with Gasteiger partial charge in [-0.2, -0.15) is 0 Å². The molecule has 1 aromatic carbocycles. The van der Waals surface area contributed by atoms with Crippen LogP contribution in [0.3, 0.4) is 0 Å². The summed E-state index contributed by atoms with van der Waals surface area (Å²) in [4.78, 5) is 20.0. The summed E-state index contributed by atoms with van der Waals surface area (Å²) in [6.07, 6.45) is 0. The van der Waals surface area contributed by atoms with Gasteiger partial charge in [0, 0.05) is 22.6 Å². The van der Waals surface area contributed by atoms with Crippen molar-refractivity contribution in [3.63, 3.8) is 0 Å². The molecule has 1 fully saturated rings. The number of benzene rings is 1. The monoisotopic (exact) mass is 435 g/mol. The zero-order valence-electron chi connectivity index (χ0n) is 18.1. The van der Waals surface area contributed by atoms with E-state index in [1.807, 2.05) is 36.9 Å². The molecule has 0 bridgehead atoms. The van der Waals surface area contributed by atoms with E-state index in [2.05, 4.69) is 15.2 Å². The number of nitrogens with zero attached hydrogens (tertiary/aromatic N) is 4. The van der Waals surface area contributed by atoms with E-state index in [1.165, 1.54) is 0 Å². The fourth-order valence-corrected chi connectivity index (χ4v) is 4.37. The first-order valence-electron chi connectivity index (χ1n) is 10.7. The normalized spacial score (nSPS) is 20.4. The minimum Gasteiger partial charge on any atom is -0.477 e. The van der Waals surface area contributed by atoms with E-state index in [-0.39, 0.29) is 18.0 Å². The Morgan fingerprint density at radius 1 is 1.16 bits per heavy atom. The van der Waals surface area contributed by atoms with Gasteiger partial charge < -0.3 is 24.8 Å². The van der Waals surface area contributed by atoms with Gasteiger partial charge in [0.2, 0.25) is 5.88 Å². The van der Waals surface area contributed by atoms with Crippen molar-refractivity contribution < 1.29 is 19.0 Å². The molecule has 1 amide bonds. The van der Waals surface area contributed by atoms with Gasteiger partial charge in [0.15, 0.2) is 0 Å². The Kier molecular flexibility index (Phi) is 5.36. The Bertz CT molecular complexity index is 1170. The van der Waals surface area contributed by atoms with Crippen molar-refractivity contribution in [2.24, 2.45) is 0 Å². The van der Waals surface area contributed by atoms with Crippen molar-refractivity contribution in [2.45, 2.75) is 39.1 Å². The van der Waals surface area contributed by atoms with Crippen LogP contribution < -0.4 is 10.5 Å². The van der Waals surface area contributed by atoms with E-state index in [0.717, 1.165) is 22.0 Å². The Labute approximate surface area is 185 Å².